The summed E-state index contributed by atoms with van der Waals surface area (Å²) in [4.78, 5) is 33.0. The average molecular weight is 533 g/mol. The molecular weight excluding hydrogens is 517 g/mol. The minimum absolute atomic E-state index is 0.141. The molecule has 2 aromatic carbocycles. The normalized spacial score (nSPS) is 11.0. The number of carbonyl (C=O) groups is 1. The molecule has 0 bridgehead atoms. The molecule has 4 rings (SSSR count). The van der Waals surface area contributed by atoms with Gasteiger partial charge in [-0.3, -0.25) is 9.59 Å². The summed E-state index contributed by atoms with van der Waals surface area (Å²) in [6.07, 6.45) is 0. The first kappa shape index (κ1) is 20.1. The Kier molecular flexibility index (Phi) is 6.02. The molecule has 146 valence electrons. The van der Waals surface area contributed by atoms with Crippen molar-refractivity contribution in [3.8, 4) is 11.1 Å². The molecule has 0 atom stereocenters. The van der Waals surface area contributed by atoms with Gasteiger partial charge >= 0.3 is 0 Å². The van der Waals surface area contributed by atoms with Crippen molar-refractivity contribution in [2.75, 3.05) is 11.1 Å². The van der Waals surface area contributed by atoms with Crippen molar-refractivity contribution in [3.63, 3.8) is 0 Å². The summed E-state index contributed by atoms with van der Waals surface area (Å²) in [5, 5.41) is 5.88. The minimum atomic E-state index is -0.188. The fourth-order valence-corrected chi connectivity index (χ4v) is 5.23. The summed E-state index contributed by atoms with van der Waals surface area (Å²) in [6, 6.07) is 15.6. The Morgan fingerprint density at radius 3 is 2.79 bits per heavy atom. The van der Waals surface area contributed by atoms with Crippen LogP contribution in [0, 0.1) is 10.5 Å². The number of amides is 1. The molecule has 0 fully saturated rings. The predicted molar refractivity (Wildman–Crippen MR) is 129 cm³/mol. The van der Waals surface area contributed by atoms with Crippen LogP contribution in [0.4, 0.5) is 5.69 Å². The van der Waals surface area contributed by atoms with Gasteiger partial charge in [-0.15, -0.1) is 11.3 Å². The number of fused-ring (bicyclic) bond motifs is 1. The van der Waals surface area contributed by atoms with Gasteiger partial charge in [-0.05, 0) is 58.8 Å². The number of aromatic nitrogens is 2. The summed E-state index contributed by atoms with van der Waals surface area (Å²) in [6.45, 7) is 1.96. The van der Waals surface area contributed by atoms with Crippen molar-refractivity contribution in [1.29, 1.82) is 0 Å². The number of thiophene rings is 1. The lowest BCUT2D eigenvalue weighted by atomic mass is 10.1. The van der Waals surface area contributed by atoms with Crippen LogP contribution < -0.4 is 10.9 Å². The molecule has 0 aliphatic carbocycles. The summed E-state index contributed by atoms with van der Waals surface area (Å²) >= 11 is 4.89. The van der Waals surface area contributed by atoms with E-state index in [0.717, 1.165) is 25.9 Å². The molecule has 0 aliphatic rings. The minimum Gasteiger partial charge on any atom is -0.325 e. The van der Waals surface area contributed by atoms with Crippen LogP contribution in [-0.4, -0.2) is 21.6 Å². The van der Waals surface area contributed by atoms with Gasteiger partial charge in [0.2, 0.25) is 5.91 Å². The molecule has 2 heterocycles. The number of anilines is 1. The molecule has 0 saturated heterocycles. The SMILES string of the molecule is Cc1cc(I)ccc1NC(=O)CSc1nc2scc(-c3ccccc3)c2c(=O)[nH]1. The highest BCUT2D eigenvalue weighted by Crippen LogP contribution is 2.31. The van der Waals surface area contributed by atoms with Crippen LogP contribution in [0.25, 0.3) is 21.3 Å². The maximum atomic E-state index is 12.7. The molecule has 4 aromatic rings. The lowest BCUT2D eigenvalue weighted by Crippen LogP contribution is -2.16. The second kappa shape index (κ2) is 8.68. The molecule has 0 aliphatic heterocycles. The predicted octanol–water partition coefficient (Wildman–Crippen LogP) is 5.30. The first-order chi connectivity index (χ1) is 14.0. The lowest BCUT2D eigenvalue weighted by molar-refractivity contribution is -0.113. The second-order valence-electron chi connectivity index (χ2n) is 6.36. The molecule has 1 amide bonds. The molecule has 0 saturated carbocycles. The Labute approximate surface area is 189 Å². The van der Waals surface area contributed by atoms with E-state index in [2.05, 4.69) is 37.9 Å². The van der Waals surface area contributed by atoms with Crippen LogP contribution in [0.3, 0.4) is 0 Å². The van der Waals surface area contributed by atoms with E-state index >= 15 is 0 Å². The third kappa shape index (κ3) is 4.54. The molecule has 2 N–H and O–H groups in total. The van der Waals surface area contributed by atoms with Crippen molar-refractivity contribution in [3.05, 3.63) is 73.4 Å². The summed E-state index contributed by atoms with van der Waals surface area (Å²) in [5.74, 6) is 0.0229. The van der Waals surface area contributed by atoms with Crippen LogP contribution in [0.2, 0.25) is 0 Å². The van der Waals surface area contributed by atoms with Gasteiger partial charge in [-0.2, -0.15) is 0 Å². The number of aryl methyl sites for hydroxylation is 1. The highest BCUT2D eigenvalue weighted by Gasteiger charge is 2.14. The highest BCUT2D eigenvalue weighted by molar-refractivity contribution is 14.1. The van der Waals surface area contributed by atoms with E-state index in [1.54, 1.807) is 0 Å². The molecule has 8 heteroatoms. The number of hydrogen-bond acceptors (Lipinski definition) is 5. The van der Waals surface area contributed by atoms with Crippen molar-refractivity contribution < 1.29 is 4.79 Å². The zero-order chi connectivity index (χ0) is 20.4. The van der Waals surface area contributed by atoms with Crippen molar-refractivity contribution in [2.24, 2.45) is 0 Å². The Morgan fingerprint density at radius 1 is 1.24 bits per heavy atom. The van der Waals surface area contributed by atoms with Gasteiger partial charge in [0, 0.05) is 20.2 Å². The van der Waals surface area contributed by atoms with E-state index in [4.69, 9.17) is 0 Å². The highest BCUT2D eigenvalue weighted by atomic mass is 127. The standard InChI is InChI=1S/C21H16IN3O2S2/c1-12-9-14(22)7-8-16(12)23-17(26)11-29-21-24-19(27)18-15(10-28-20(18)25-21)13-5-3-2-4-6-13/h2-10H,11H2,1H3,(H,23,26)(H,24,25,27). The van der Waals surface area contributed by atoms with Gasteiger partial charge < -0.3 is 10.3 Å². The number of hydrogen-bond donors (Lipinski definition) is 2. The number of carbonyl (C=O) groups excluding carboxylic acids is 1. The Bertz CT molecular complexity index is 1250. The van der Waals surface area contributed by atoms with Gasteiger partial charge in [0.05, 0.1) is 11.1 Å². The summed E-state index contributed by atoms with van der Waals surface area (Å²) in [5.41, 5.74) is 3.47. The van der Waals surface area contributed by atoms with Crippen LogP contribution in [-0.2, 0) is 4.79 Å². The monoisotopic (exact) mass is 533 g/mol. The molecule has 5 nitrogen and oxygen atoms in total. The number of nitrogens with one attached hydrogen (secondary N) is 2. The van der Waals surface area contributed by atoms with E-state index in [1.807, 2.05) is 60.8 Å². The molecular formula is C21H16IN3O2S2. The van der Waals surface area contributed by atoms with Crippen LogP contribution in [0.5, 0.6) is 0 Å². The van der Waals surface area contributed by atoms with Gasteiger partial charge in [-0.1, -0.05) is 42.1 Å². The van der Waals surface area contributed by atoms with E-state index in [-0.39, 0.29) is 17.2 Å². The number of rotatable bonds is 5. The third-order valence-corrected chi connectivity index (χ3v) is 6.73. The largest absolute Gasteiger partial charge is 0.325 e. The first-order valence-electron chi connectivity index (χ1n) is 8.77. The molecule has 0 unspecified atom stereocenters. The quantitative estimate of drug-likeness (QED) is 0.208. The first-order valence-corrected chi connectivity index (χ1v) is 11.7. The molecule has 2 aromatic heterocycles. The number of H-pyrrole nitrogens is 1. The summed E-state index contributed by atoms with van der Waals surface area (Å²) < 4.78 is 1.12. The molecule has 0 radical (unpaired) electrons. The van der Waals surface area contributed by atoms with Gasteiger partial charge in [0.1, 0.15) is 4.83 Å². The number of benzene rings is 2. The van der Waals surface area contributed by atoms with Gasteiger partial charge in [0.25, 0.3) is 5.56 Å². The van der Waals surface area contributed by atoms with Gasteiger partial charge in [-0.25, -0.2) is 4.98 Å². The van der Waals surface area contributed by atoms with Gasteiger partial charge in [0.15, 0.2) is 5.16 Å². The number of halogens is 1. The Morgan fingerprint density at radius 2 is 2.03 bits per heavy atom. The van der Waals surface area contributed by atoms with E-state index in [9.17, 15) is 9.59 Å². The fourth-order valence-electron chi connectivity index (χ4n) is 2.92. The average Bonchev–Trinajstić information content (AvgIpc) is 3.14. The summed E-state index contributed by atoms with van der Waals surface area (Å²) in [7, 11) is 0. The van der Waals surface area contributed by atoms with Crippen LogP contribution >= 0.6 is 45.7 Å². The Balaban J connectivity index is 1.50. The number of nitrogens with zero attached hydrogens (tertiary/aromatic N) is 1. The zero-order valence-corrected chi connectivity index (χ0v) is 19.2. The number of thioether (sulfide) groups is 1. The van der Waals surface area contributed by atoms with Crippen LogP contribution in [0.1, 0.15) is 5.56 Å². The number of aromatic amines is 1. The maximum Gasteiger partial charge on any atom is 0.260 e. The second-order valence-corrected chi connectivity index (χ2v) is 9.43. The molecule has 0 spiro atoms. The van der Waals surface area contributed by atoms with Crippen molar-refractivity contribution in [2.45, 2.75) is 12.1 Å². The van der Waals surface area contributed by atoms with E-state index < -0.39 is 0 Å². The molecule has 29 heavy (non-hydrogen) atoms. The zero-order valence-electron chi connectivity index (χ0n) is 15.4. The fraction of sp³-hybridized carbons (Fsp3) is 0.0952. The maximum absolute atomic E-state index is 12.7. The smallest absolute Gasteiger partial charge is 0.260 e. The third-order valence-electron chi connectivity index (χ3n) is 4.31. The van der Waals surface area contributed by atoms with E-state index in [0.29, 0.717) is 15.4 Å². The van der Waals surface area contributed by atoms with E-state index in [1.165, 1.54) is 23.1 Å². The topological polar surface area (TPSA) is 74.8 Å². The van der Waals surface area contributed by atoms with Crippen LogP contribution in [0.15, 0.2) is 63.9 Å². The lowest BCUT2D eigenvalue weighted by Gasteiger charge is -2.08. The Hall–Kier alpha value is -2.17. The van der Waals surface area contributed by atoms with Crippen molar-refractivity contribution in [1.82, 2.24) is 9.97 Å². The van der Waals surface area contributed by atoms with Crippen molar-refractivity contribution >= 4 is 67.5 Å².